The number of aromatic nitrogens is 5. The van der Waals surface area contributed by atoms with Crippen LogP contribution in [0, 0.1) is 5.92 Å². The van der Waals surface area contributed by atoms with Gasteiger partial charge in [0.25, 0.3) is 0 Å². The zero-order chi connectivity index (χ0) is 22.6. The van der Waals surface area contributed by atoms with Crippen molar-refractivity contribution in [2.75, 3.05) is 19.0 Å². The number of halogens is 1. The summed E-state index contributed by atoms with van der Waals surface area (Å²) in [4.78, 5) is 21.0. The topological polar surface area (TPSA) is 128 Å². The van der Waals surface area contributed by atoms with Crippen molar-refractivity contribution in [3.63, 3.8) is 0 Å². The molecule has 4 fully saturated rings. The fraction of sp³-hybridized carbons (Fsp3) is 0.524. The number of carbonyl (C=O) groups is 1. The van der Waals surface area contributed by atoms with Crippen molar-refractivity contribution in [2.45, 2.75) is 49.8 Å². The third-order valence-electron chi connectivity index (χ3n) is 6.62. The summed E-state index contributed by atoms with van der Waals surface area (Å²) >= 11 is 0. The standard InChI is InChI=1S/C21H24FN7O4/c1-31-9-12-8-29-16(24-12)2-3-23-19(29)25-15-4-13(27-28-15)18-17(22)14(10-32-18)33-20(30)26-21-5-11(6-21)7-21/h2-4,8,11,14,17-18H,5-7,9-10H2,1H3,(H,26,30)(H2,23,25,27,28)/t11?,14-,17+,18-,21?/m0/s1. The van der Waals surface area contributed by atoms with Crippen LogP contribution in [-0.4, -0.2) is 62.2 Å². The van der Waals surface area contributed by atoms with Crippen LogP contribution < -0.4 is 10.6 Å². The van der Waals surface area contributed by atoms with Crippen molar-refractivity contribution < 1.29 is 23.4 Å². The van der Waals surface area contributed by atoms with E-state index in [2.05, 4.69) is 30.8 Å². The number of alkyl carbamates (subject to hydrolysis) is 1. The van der Waals surface area contributed by atoms with Gasteiger partial charge in [0.05, 0.1) is 24.6 Å². The highest BCUT2D eigenvalue weighted by Gasteiger charge is 2.58. The van der Waals surface area contributed by atoms with Gasteiger partial charge in [-0.05, 0) is 31.2 Å². The number of fused-ring (bicyclic) bond motifs is 1. The fourth-order valence-corrected chi connectivity index (χ4v) is 4.89. The number of nitrogens with zero attached hydrogens (tertiary/aromatic N) is 4. The summed E-state index contributed by atoms with van der Waals surface area (Å²) in [6.07, 6.45) is 2.45. The Morgan fingerprint density at radius 2 is 2.27 bits per heavy atom. The second-order valence-corrected chi connectivity index (χ2v) is 9.02. The van der Waals surface area contributed by atoms with E-state index < -0.39 is 24.5 Å². The third-order valence-corrected chi connectivity index (χ3v) is 6.62. The normalized spacial score (nSPS) is 30.0. The molecule has 0 spiro atoms. The molecule has 4 aliphatic rings. The molecule has 7 rings (SSSR count). The number of hydrogen-bond acceptors (Lipinski definition) is 8. The van der Waals surface area contributed by atoms with Gasteiger partial charge < -0.3 is 24.8 Å². The summed E-state index contributed by atoms with van der Waals surface area (Å²) in [5, 5.41) is 13.0. The summed E-state index contributed by atoms with van der Waals surface area (Å²) in [6.45, 7) is 0.363. The molecule has 1 aliphatic heterocycles. The average Bonchev–Trinajstić information content (AvgIpc) is 3.44. The van der Waals surface area contributed by atoms with Gasteiger partial charge in [0.2, 0.25) is 5.95 Å². The molecule has 3 aromatic heterocycles. The summed E-state index contributed by atoms with van der Waals surface area (Å²) in [5.41, 5.74) is 1.79. The van der Waals surface area contributed by atoms with Gasteiger partial charge in [0.1, 0.15) is 11.8 Å². The summed E-state index contributed by atoms with van der Waals surface area (Å²) in [7, 11) is 1.61. The number of carbonyl (C=O) groups excluding carboxylic acids is 1. The van der Waals surface area contributed by atoms with E-state index in [4.69, 9.17) is 14.2 Å². The predicted octanol–water partition coefficient (Wildman–Crippen LogP) is 2.40. The van der Waals surface area contributed by atoms with Crippen molar-refractivity contribution in [3.05, 3.63) is 35.9 Å². The van der Waals surface area contributed by atoms with Crippen LogP contribution in [0.4, 0.5) is 21.0 Å². The Kier molecular flexibility index (Phi) is 4.73. The molecule has 174 valence electrons. The number of imidazole rings is 1. The van der Waals surface area contributed by atoms with Crippen LogP contribution in [0.15, 0.2) is 24.5 Å². The van der Waals surface area contributed by atoms with E-state index >= 15 is 4.39 Å². The molecule has 3 N–H and O–H groups in total. The fourth-order valence-electron chi connectivity index (χ4n) is 4.89. The highest BCUT2D eigenvalue weighted by atomic mass is 19.1. The molecule has 3 saturated carbocycles. The van der Waals surface area contributed by atoms with Crippen LogP contribution >= 0.6 is 0 Å². The lowest BCUT2D eigenvalue weighted by atomic mass is 9.50. The number of methoxy groups -OCH3 is 1. The van der Waals surface area contributed by atoms with Crippen molar-refractivity contribution in [2.24, 2.45) is 5.92 Å². The minimum absolute atomic E-state index is 0.0190. The van der Waals surface area contributed by atoms with Gasteiger partial charge in [0.15, 0.2) is 18.1 Å². The SMILES string of the molecule is COCc1cn2c(Nc3cc([C@@H]4OC[C@H](OC(=O)NC56CC(C5)C6)[C@H]4F)[nH]n3)nccc2n1. The maximum atomic E-state index is 15.0. The quantitative estimate of drug-likeness (QED) is 0.494. The highest BCUT2D eigenvalue weighted by Crippen LogP contribution is 2.57. The van der Waals surface area contributed by atoms with Crippen LogP contribution in [-0.2, 0) is 20.8 Å². The second-order valence-electron chi connectivity index (χ2n) is 9.02. The lowest BCUT2D eigenvalue weighted by Crippen LogP contribution is -2.68. The molecule has 12 heteroatoms. The zero-order valence-corrected chi connectivity index (χ0v) is 18.0. The van der Waals surface area contributed by atoms with Crippen molar-refractivity contribution >= 4 is 23.5 Å². The Hall–Kier alpha value is -3.25. The maximum Gasteiger partial charge on any atom is 0.408 e. The number of amides is 1. The molecule has 1 saturated heterocycles. The maximum absolute atomic E-state index is 15.0. The molecule has 0 aromatic carbocycles. The largest absolute Gasteiger partial charge is 0.441 e. The number of hydrogen-bond donors (Lipinski definition) is 3. The molecular formula is C21H24FN7O4. The molecule has 3 aliphatic carbocycles. The van der Waals surface area contributed by atoms with Crippen molar-refractivity contribution in [3.8, 4) is 0 Å². The van der Waals surface area contributed by atoms with Crippen LogP contribution in [0.3, 0.4) is 0 Å². The minimum atomic E-state index is -1.51. The Morgan fingerprint density at radius 1 is 1.42 bits per heavy atom. The number of ether oxygens (including phenoxy) is 3. The molecule has 33 heavy (non-hydrogen) atoms. The van der Waals surface area contributed by atoms with E-state index in [-0.39, 0.29) is 12.1 Å². The van der Waals surface area contributed by atoms with E-state index in [0.29, 0.717) is 29.7 Å². The monoisotopic (exact) mass is 457 g/mol. The Labute approximate surface area is 188 Å². The lowest BCUT2D eigenvalue weighted by molar-refractivity contribution is -0.0528. The van der Waals surface area contributed by atoms with E-state index in [1.807, 2.05) is 6.20 Å². The Bertz CT molecular complexity index is 1180. The number of alkyl halides is 1. The third kappa shape index (κ3) is 3.59. The summed E-state index contributed by atoms with van der Waals surface area (Å²) < 4.78 is 32.8. The lowest BCUT2D eigenvalue weighted by Gasteiger charge is -2.61. The number of nitrogens with one attached hydrogen (secondary N) is 3. The van der Waals surface area contributed by atoms with E-state index in [1.54, 1.807) is 29.8 Å². The van der Waals surface area contributed by atoms with Crippen LogP contribution in [0.5, 0.6) is 0 Å². The Morgan fingerprint density at radius 3 is 3.03 bits per heavy atom. The van der Waals surface area contributed by atoms with Gasteiger partial charge in [-0.3, -0.25) is 9.50 Å². The van der Waals surface area contributed by atoms with E-state index in [1.165, 1.54) is 0 Å². The van der Waals surface area contributed by atoms with Crippen LogP contribution in [0.2, 0.25) is 0 Å². The minimum Gasteiger partial charge on any atom is -0.441 e. The Balaban J connectivity index is 1.11. The first-order chi connectivity index (χ1) is 16.0. The zero-order valence-electron chi connectivity index (χ0n) is 18.0. The van der Waals surface area contributed by atoms with Crippen molar-refractivity contribution in [1.82, 2.24) is 29.9 Å². The van der Waals surface area contributed by atoms with Crippen LogP contribution in [0.1, 0.15) is 36.8 Å². The molecule has 3 atom stereocenters. The van der Waals surface area contributed by atoms with Gasteiger partial charge in [0, 0.05) is 31.1 Å². The average molecular weight is 457 g/mol. The van der Waals surface area contributed by atoms with Crippen LogP contribution in [0.25, 0.3) is 5.65 Å². The van der Waals surface area contributed by atoms with E-state index in [9.17, 15) is 4.79 Å². The van der Waals surface area contributed by atoms with Gasteiger partial charge in [-0.15, -0.1) is 0 Å². The van der Waals surface area contributed by atoms with Gasteiger partial charge in [-0.2, -0.15) is 5.10 Å². The van der Waals surface area contributed by atoms with E-state index in [0.717, 1.165) is 30.9 Å². The molecule has 0 unspecified atom stereocenters. The molecule has 3 aromatic rings. The predicted molar refractivity (Wildman–Crippen MR) is 113 cm³/mol. The number of H-pyrrole nitrogens is 1. The summed E-state index contributed by atoms with van der Waals surface area (Å²) in [5.74, 6) is 1.66. The first kappa shape index (κ1) is 20.4. The first-order valence-electron chi connectivity index (χ1n) is 10.9. The highest BCUT2D eigenvalue weighted by molar-refractivity contribution is 5.69. The number of anilines is 2. The molecular weight excluding hydrogens is 433 g/mol. The van der Waals surface area contributed by atoms with Crippen molar-refractivity contribution in [1.29, 1.82) is 0 Å². The molecule has 11 nitrogen and oxygen atoms in total. The first-order valence-corrected chi connectivity index (χ1v) is 10.9. The summed E-state index contributed by atoms with van der Waals surface area (Å²) in [6, 6.07) is 3.43. The second kappa shape index (κ2) is 7.66. The molecule has 2 bridgehead atoms. The molecule has 1 amide bonds. The molecule has 4 heterocycles. The van der Waals surface area contributed by atoms with Gasteiger partial charge in [-0.25, -0.2) is 19.2 Å². The number of rotatable bonds is 7. The van der Waals surface area contributed by atoms with Gasteiger partial charge in [-0.1, -0.05) is 0 Å². The molecule has 0 radical (unpaired) electrons. The number of aromatic amines is 1. The van der Waals surface area contributed by atoms with Gasteiger partial charge >= 0.3 is 6.09 Å². The smallest absolute Gasteiger partial charge is 0.408 e.